The van der Waals surface area contributed by atoms with Gasteiger partial charge in [-0.2, -0.15) is 0 Å². The van der Waals surface area contributed by atoms with Crippen LogP contribution < -0.4 is 5.32 Å². The summed E-state index contributed by atoms with van der Waals surface area (Å²) in [6.07, 6.45) is 9.99. The first-order valence-electron chi connectivity index (χ1n) is 8.35. The summed E-state index contributed by atoms with van der Waals surface area (Å²) in [7, 11) is 0. The van der Waals surface area contributed by atoms with E-state index in [1.807, 2.05) is 0 Å². The maximum absolute atomic E-state index is 12.3. The number of rotatable bonds is 3. The summed E-state index contributed by atoms with van der Waals surface area (Å²) in [6.45, 7) is 1.36. The van der Waals surface area contributed by atoms with Crippen LogP contribution in [0.1, 0.15) is 51.4 Å². The first-order valence-corrected chi connectivity index (χ1v) is 8.35. The number of hydrogen-bond acceptors (Lipinski definition) is 3. The lowest BCUT2D eigenvalue weighted by atomic mass is 9.69. The molecule has 0 radical (unpaired) electrons. The lowest BCUT2D eigenvalue weighted by molar-refractivity contribution is -0.146. The Morgan fingerprint density at radius 1 is 1.24 bits per heavy atom. The van der Waals surface area contributed by atoms with E-state index in [4.69, 9.17) is 4.74 Å². The number of carbonyl (C=O) groups is 2. The fourth-order valence-electron chi connectivity index (χ4n) is 4.34. The molecule has 1 spiro atoms. The molecule has 0 aromatic carbocycles. The highest BCUT2D eigenvalue weighted by molar-refractivity contribution is 5.85. The van der Waals surface area contributed by atoms with Crippen molar-refractivity contribution >= 4 is 11.8 Å². The highest BCUT2D eigenvalue weighted by Gasteiger charge is 2.43. The third-order valence-electron chi connectivity index (χ3n) is 5.51. The van der Waals surface area contributed by atoms with Gasteiger partial charge in [-0.25, -0.2) is 0 Å². The summed E-state index contributed by atoms with van der Waals surface area (Å²) in [5, 5.41) is 3.25. The van der Waals surface area contributed by atoms with Crippen LogP contribution in [0.4, 0.5) is 0 Å². The van der Waals surface area contributed by atoms with E-state index in [-0.39, 0.29) is 25.0 Å². The molecule has 2 saturated carbocycles. The smallest absolute Gasteiger partial charge is 0.249 e. The Bertz CT molecular complexity index is 404. The van der Waals surface area contributed by atoms with Crippen molar-refractivity contribution in [2.24, 2.45) is 5.41 Å². The second kappa shape index (κ2) is 6.34. The molecule has 1 atom stereocenters. The Hall–Kier alpha value is -1.10. The number of carbonyl (C=O) groups excluding carboxylic acids is 2. The van der Waals surface area contributed by atoms with Crippen LogP contribution in [-0.4, -0.2) is 49.1 Å². The maximum atomic E-state index is 12.3. The molecule has 1 saturated heterocycles. The summed E-state index contributed by atoms with van der Waals surface area (Å²) in [6, 6.07) is 0.317. The van der Waals surface area contributed by atoms with Crippen molar-refractivity contribution in [3.05, 3.63) is 0 Å². The number of nitrogens with one attached hydrogen (secondary N) is 1. The monoisotopic (exact) mass is 294 g/mol. The summed E-state index contributed by atoms with van der Waals surface area (Å²) < 4.78 is 5.10. The van der Waals surface area contributed by atoms with Crippen molar-refractivity contribution in [1.29, 1.82) is 0 Å². The van der Waals surface area contributed by atoms with E-state index in [0.29, 0.717) is 24.6 Å². The Morgan fingerprint density at radius 2 is 1.95 bits per heavy atom. The van der Waals surface area contributed by atoms with E-state index >= 15 is 0 Å². The molecule has 21 heavy (non-hydrogen) atoms. The van der Waals surface area contributed by atoms with Crippen LogP contribution in [0.5, 0.6) is 0 Å². The largest absolute Gasteiger partial charge is 0.370 e. The number of ether oxygens (including phenoxy) is 1. The van der Waals surface area contributed by atoms with Gasteiger partial charge < -0.3 is 15.0 Å². The second-order valence-corrected chi connectivity index (χ2v) is 6.80. The van der Waals surface area contributed by atoms with Crippen LogP contribution in [0, 0.1) is 5.41 Å². The van der Waals surface area contributed by atoms with Crippen molar-refractivity contribution in [2.75, 3.05) is 26.3 Å². The van der Waals surface area contributed by atoms with Gasteiger partial charge in [0.1, 0.15) is 6.61 Å². The number of amides is 2. The van der Waals surface area contributed by atoms with Gasteiger partial charge in [-0.05, 0) is 31.1 Å². The molecule has 3 fully saturated rings. The van der Waals surface area contributed by atoms with Crippen LogP contribution in [0.2, 0.25) is 0 Å². The van der Waals surface area contributed by atoms with Crippen molar-refractivity contribution < 1.29 is 14.3 Å². The molecule has 1 heterocycles. The minimum Gasteiger partial charge on any atom is -0.370 e. The van der Waals surface area contributed by atoms with E-state index in [0.717, 1.165) is 6.42 Å². The molecule has 118 valence electrons. The average molecular weight is 294 g/mol. The van der Waals surface area contributed by atoms with Crippen molar-refractivity contribution in [1.82, 2.24) is 10.2 Å². The first kappa shape index (κ1) is 14.8. The summed E-state index contributed by atoms with van der Waals surface area (Å²) in [4.78, 5) is 25.6. The Morgan fingerprint density at radius 3 is 2.67 bits per heavy atom. The van der Waals surface area contributed by atoms with Crippen molar-refractivity contribution in [3.63, 3.8) is 0 Å². The van der Waals surface area contributed by atoms with E-state index in [1.54, 1.807) is 4.90 Å². The number of hydrogen-bond donors (Lipinski definition) is 1. The lowest BCUT2D eigenvalue weighted by Gasteiger charge is -2.42. The first-order chi connectivity index (χ1) is 10.2. The van der Waals surface area contributed by atoms with Crippen molar-refractivity contribution in [3.8, 4) is 0 Å². The van der Waals surface area contributed by atoms with Gasteiger partial charge in [0, 0.05) is 12.6 Å². The zero-order valence-corrected chi connectivity index (χ0v) is 12.7. The Balaban J connectivity index is 1.56. The average Bonchev–Trinajstić information content (AvgIpc) is 2.93. The zero-order chi connectivity index (χ0) is 14.7. The molecular weight excluding hydrogens is 268 g/mol. The second-order valence-electron chi connectivity index (χ2n) is 6.80. The topological polar surface area (TPSA) is 58.6 Å². The van der Waals surface area contributed by atoms with Gasteiger partial charge in [0.25, 0.3) is 0 Å². The van der Waals surface area contributed by atoms with Gasteiger partial charge in [0.15, 0.2) is 0 Å². The summed E-state index contributed by atoms with van der Waals surface area (Å²) >= 11 is 0. The molecule has 0 aromatic heterocycles. The third kappa shape index (κ3) is 3.23. The maximum Gasteiger partial charge on any atom is 0.249 e. The summed E-state index contributed by atoms with van der Waals surface area (Å²) in [5.74, 6) is -0.0703. The van der Waals surface area contributed by atoms with Crippen LogP contribution in [0.25, 0.3) is 0 Å². The SMILES string of the molecule is O=C(CN1CCOCC1=O)N[C@H]1CCCCC12CCCC2. The Labute approximate surface area is 126 Å². The highest BCUT2D eigenvalue weighted by atomic mass is 16.5. The van der Waals surface area contributed by atoms with Gasteiger partial charge in [-0.3, -0.25) is 9.59 Å². The standard InChI is InChI=1S/C16H26N2O3/c19-14(11-18-9-10-21-12-15(18)20)17-13-5-1-2-6-16(13)7-3-4-8-16/h13H,1-12H2,(H,17,19)/t13-/m0/s1. The molecule has 2 amide bonds. The molecule has 1 N–H and O–H groups in total. The minimum absolute atomic E-state index is 0.00317. The van der Waals surface area contributed by atoms with E-state index in [1.165, 1.54) is 44.9 Å². The van der Waals surface area contributed by atoms with Crippen LogP contribution in [0.3, 0.4) is 0 Å². The quantitative estimate of drug-likeness (QED) is 0.857. The third-order valence-corrected chi connectivity index (χ3v) is 5.51. The van der Waals surface area contributed by atoms with Gasteiger partial charge in [-0.15, -0.1) is 0 Å². The summed E-state index contributed by atoms with van der Waals surface area (Å²) in [5.41, 5.74) is 0.350. The molecule has 1 aliphatic heterocycles. The fraction of sp³-hybridized carbons (Fsp3) is 0.875. The molecule has 3 rings (SSSR count). The number of nitrogens with zero attached hydrogens (tertiary/aromatic N) is 1. The van der Waals surface area contributed by atoms with Gasteiger partial charge in [-0.1, -0.05) is 25.7 Å². The van der Waals surface area contributed by atoms with Crippen LogP contribution in [-0.2, 0) is 14.3 Å². The van der Waals surface area contributed by atoms with E-state index < -0.39 is 0 Å². The van der Waals surface area contributed by atoms with Crippen LogP contribution >= 0.6 is 0 Å². The van der Waals surface area contributed by atoms with Gasteiger partial charge in [0.05, 0.1) is 13.2 Å². The van der Waals surface area contributed by atoms with E-state index in [2.05, 4.69) is 5.32 Å². The predicted molar refractivity (Wildman–Crippen MR) is 78.7 cm³/mol. The molecule has 5 nitrogen and oxygen atoms in total. The van der Waals surface area contributed by atoms with Gasteiger partial charge in [0.2, 0.25) is 11.8 Å². The highest BCUT2D eigenvalue weighted by Crippen LogP contribution is 2.48. The predicted octanol–water partition coefficient (Wildman–Crippen LogP) is 1.46. The van der Waals surface area contributed by atoms with Crippen LogP contribution in [0.15, 0.2) is 0 Å². The van der Waals surface area contributed by atoms with Crippen molar-refractivity contribution in [2.45, 2.75) is 57.4 Å². The number of morpholine rings is 1. The Kier molecular flexibility index (Phi) is 4.48. The molecule has 0 unspecified atom stereocenters. The zero-order valence-electron chi connectivity index (χ0n) is 12.7. The fourth-order valence-corrected chi connectivity index (χ4v) is 4.34. The molecule has 3 aliphatic rings. The molecule has 2 aliphatic carbocycles. The molecule has 0 aromatic rings. The molecule has 0 bridgehead atoms. The normalized spacial score (nSPS) is 28.9. The molecular formula is C16H26N2O3. The minimum atomic E-state index is -0.0735. The van der Waals surface area contributed by atoms with E-state index in [9.17, 15) is 9.59 Å². The molecule has 5 heteroatoms. The lowest BCUT2D eigenvalue weighted by Crippen LogP contribution is -2.53. The van der Waals surface area contributed by atoms with Gasteiger partial charge >= 0.3 is 0 Å².